The maximum atomic E-state index is 13.3. The molecule has 1 aliphatic heterocycles. The van der Waals surface area contributed by atoms with Crippen molar-refractivity contribution in [2.24, 2.45) is 5.41 Å². The van der Waals surface area contributed by atoms with Gasteiger partial charge in [-0.3, -0.25) is 14.7 Å². The molecule has 0 atom stereocenters. The lowest BCUT2D eigenvalue weighted by Gasteiger charge is -2.53. The van der Waals surface area contributed by atoms with Gasteiger partial charge in [0, 0.05) is 29.9 Å². The monoisotopic (exact) mass is 478 g/mol. The van der Waals surface area contributed by atoms with Gasteiger partial charge in [-0.15, -0.1) is 0 Å². The molecule has 6 rings (SSSR count). The van der Waals surface area contributed by atoms with Crippen LogP contribution < -0.4 is 5.32 Å². The molecule has 0 bridgehead atoms. The van der Waals surface area contributed by atoms with Crippen LogP contribution in [0.4, 0.5) is 0 Å². The molecule has 2 fully saturated rings. The normalized spacial score (nSPS) is 17.2. The van der Waals surface area contributed by atoms with E-state index >= 15 is 0 Å². The summed E-state index contributed by atoms with van der Waals surface area (Å²) in [5.41, 5.74) is 4.84. The van der Waals surface area contributed by atoms with Gasteiger partial charge in [0.05, 0.1) is 11.9 Å². The van der Waals surface area contributed by atoms with Crippen molar-refractivity contribution in [2.75, 3.05) is 13.1 Å². The molecule has 1 spiro atoms. The van der Waals surface area contributed by atoms with E-state index in [9.17, 15) is 9.59 Å². The summed E-state index contributed by atoms with van der Waals surface area (Å²) in [6, 6.07) is 26.4. The highest BCUT2D eigenvalue weighted by Crippen LogP contribution is 2.44. The highest BCUT2D eigenvalue weighted by molar-refractivity contribution is 6.05. The first-order valence-electron chi connectivity index (χ1n) is 12.7. The third-order valence-corrected chi connectivity index (χ3v) is 7.83. The second-order valence-electron chi connectivity index (χ2n) is 10.4. The van der Waals surface area contributed by atoms with Gasteiger partial charge in [-0.1, -0.05) is 66.7 Å². The zero-order valence-corrected chi connectivity index (χ0v) is 20.2. The van der Waals surface area contributed by atoms with Crippen LogP contribution in [-0.4, -0.2) is 46.0 Å². The zero-order valence-electron chi connectivity index (χ0n) is 20.2. The van der Waals surface area contributed by atoms with E-state index in [0.717, 1.165) is 66.4 Å². The number of carbonyl (C=O) groups excluding carboxylic acids is 2. The number of hydrogen-bond acceptors (Lipinski definition) is 3. The van der Waals surface area contributed by atoms with Gasteiger partial charge in [0.15, 0.2) is 5.69 Å². The fourth-order valence-electron chi connectivity index (χ4n) is 5.80. The lowest BCUT2D eigenvalue weighted by molar-refractivity contribution is -0.121. The molecule has 1 aliphatic carbocycles. The van der Waals surface area contributed by atoms with Crippen molar-refractivity contribution in [3.8, 4) is 11.1 Å². The number of H-pyrrole nitrogens is 1. The van der Waals surface area contributed by atoms with Crippen molar-refractivity contribution < 1.29 is 9.59 Å². The third kappa shape index (κ3) is 4.39. The fraction of sp³-hybridized carbons (Fsp3) is 0.300. The smallest absolute Gasteiger partial charge is 0.275 e. The SMILES string of the molecule is O=C(Cc1ccccc1)NC1CCC2(CC1)CN(C(=O)c1n[nH]c3cc(-c4ccccc4)ccc13)C2. The van der Waals surface area contributed by atoms with Crippen LogP contribution in [0.15, 0.2) is 78.9 Å². The number of aromatic nitrogens is 2. The van der Waals surface area contributed by atoms with Gasteiger partial charge < -0.3 is 10.2 Å². The molecular formula is C30H30N4O2. The van der Waals surface area contributed by atoms with E-state index in [0.29, 0.717) is 12.1 Å². The summed E-state index contributed by atoms with van der Waals surface area (Å²) in [4.78, 5) is 27.6. The average Bonchev–Trinajstić information content (AvgIpc) is 3.32. The molecule has 2 N–H and O–H groups in total. The molecule has 1 saturated heterocycles. The van der Waals surface area contributed by atoms with Gasteiger partial charge in [-0.2, -0.15) is 5.10 Å². The standard InChI is InChI=1S/C30H30N4O2/c35-27(17-21-7-3-1-4-8-21)31-24-13-15-30(16-14-24)19-34(20-30)29(36)28-25-12-11-23(18-26(25)32-33-28)22-9-5-2-6-10-22/h1-12,18,24H,13-17,19-20H2,(H,31,35)(H,32,33). The second-order valence-corrected chi connectivity index (χ2v) is 10.4. The first-order chi connectivity index (χ1) is 17.6. The van der Waals surface area contributed by atoms with Gasteiger partial charge in [-0.05, 0) is 54.5 Å². The van der Waals surface area contributed by atoms with Crippen LogP contribution in [0, 0.1) is 5.41 Å². The Kier molecular flexibility index (Phi) is 5.80. The van der Waals surface area contributed by atoms with Gasteiger partial charge in [0.1, 0.15) is 0 Å². The minimum Gasteiger partial charge on any atom is -0.353 e. The van der Waals surface area contributed by atoms with Crippen molar-refractivity contribution in [1.29, 1.82) is 0 Å². The van der Waals surface area contributed by atoms with E-state index in [1.54, 1.807) is 0 Å². The average molecular weight is 479 g/mol. The Morgan fingerprint density at radius 1 is 0.917 bits per heavy atom. The Hall–Kier alpha value is -3.93. The Morgan fingerprint density at radius 3 is 2.33 bits per heavy atom. The molecule has 0 radical (unpaired) electrons. The molecule has 4 aromatic rings. The minimum absolute atomic E-state index is 0.00220. The van der Waals surface area contributed by atoms with Crippen LogP contribution in [0.25, 0.3) is 22.0 Å². The third-order valence-electron chi connectivity index (χ3n) is 7.83. The number of fused-ring (bicyclic) bond motifs is 1. The van der Waals surface area contributed by atoms with E-state index in [4.69, 9.17) is 0 Å². The number of aromatic amines is 1. The molecule has 36 heavy (non-hydrogen) atoms. The molecule has 182 valence electrons. The number of hydrogen-bond donors (Lipinski definition) is 2. The van der Waals surface area contributed by atoms with Crippen LogP contribution in [0.1, 0.15) is 41.7 Å². The molecule has 1 aromatic heterocycles. The minimum atomic E-state index is -0.00220. The van der Waals surface area contributed by atoms with Crippen LogP contribution in [0.2, 0.25) is 0 Å². The lowest BCUT2D eigenvalue weighted by Crippen LogP contribution is -2.60. The van der Waals surface area contributed by atoms with Crippen molar-refractivity contribution in [3.63, 3.8) is 0 Å². The Morgan fingerprint density at radius 2 is 1.61 bits per heavy atom. The number of nitrogens with zero attached hydrogens (tertiary/aromatic N) is 2. The predicted octanol–water partition coefficient (Wildman–Crippen LogP) is 4.97. The highest BCUT2D eigenvalue weighted by atomic mass is 16.2. The van der Waals surface area contributed by atoms with Crippen LogP contribution in [-0.2, 0) is 11.2 Å². The number of benzene rings is 3. The molecule has 3 aromatic carbocycles. The molecule has 2 amide bonds. The van der Waals surface area contributed by atoms with Gasteiger partial charge in [-0.25, -0.2) is 0 Å². The number of carbonyl (C=O) groups is 2. The molecule has 2 aliphatic rings. The largest absolute Gasteiger partial charge is 0.353 e. The number of likely N-dealkylation sites (tertiary alicyclic amines) is 1. The number of rotatable bonds is 5. The summed E-state index contributed by atoms with van der Waals surface area (Å²) < 4.78 is 0. The number of nitrogens with one attached hydrogen (secondary N) is 2. The summed E-state index contributed by atoms with van der Waals surface area (Å²) in [5.74, 6) is 0.0889. The first-order valence-corrected chi connectivity index (χ1v) is 12.7. The number of amides is 2. The Balaban J connectivity index is 1.04. The molecule has 0 unspecified atom stereocenters. The zero-order chi connectivity index (χ0) is 24.5. The predicted molar refractivity (Wildman–Crippen MR) is 140 cm³/mol. The first kappa shape index (κ1) is 22.5. The van der Waals surface area contributed by atoms with E-state index in [1.807, 2.05) is 59.5 Å². The lowest BCUT2D eigenvalue weighted by atomic mass is 9.67. The summed E-state index contributed by atoms with van der Waals surface area (Å²) in [7, 11) is 0. The highest BCUT2D eigenvalue weighted by Gasteiger charge is 2.47. The van der Waals surface area contributed by atoms with E-state index in [1.165, 1.54) is 0 Å². The molecular weight excluding hydrogens is 448 g/mol. The molecule has 2 heterocycles. The Bertz CT molecular complexity index is 1380. The van der Waals surface area contributed by atoms with E-state index < -0.39 is 0 Å². The summed E-state index contributed by atoms with van der Waals surface area (Å²) in [6.07, 6.45) is 4.44. The quantitative estimate of drug-likeness (QED) is 0.425. The maximum Gasteiger partial charge on any atom is 0.275 e. The van der Waals surface area contributed by atoms with E-state index in [2.05, 4.69) is 39.8 Å². The van der Waals surface area contributed by atoms with Crippen molar-refractivity contribution in [2.45, 2.75) is 38.1 Å². The van der Waals surface area contributed by atoms with Crippen LogP contribution in [0.3, 0.4) is 0 Å². The topological polar surface area (TPSA) is 78.1 Å². The fourth-order valence-corrected chi connectivity index (χ4v) is 5.80. The summed E-state index contributed by atoms with van der Waals surface area (Å²) in [6.45, 7) is 1.54. The Labute approximate surface area is 210 Å². The maximum absolute atomic E-state index is 13.3. The van der Waals surface area contributed by atoms with Gasteiger partial charge in [0.25, 0.3) is 5.91 Å². The van der Waals surface area contributed by atoms with E-state index in [-0.39, 0.29) is 23.3 Å². The van der Waals surface area contributed by atoms with Gasteiger partial charge >= 0.3 is 0 Å². The summed E-state index contributed by atoms with van der Waals surface area (Å²) in [5, 5.41) is 11.5. The second kappa shape index (κ2) is 9.26. The van der Waals surface area contributed by atoms with Crippen LogP contribution >= 0.6 is 0 Å². The molecule has 6 heteroatoms. The van der Waals surface area contributed by atoms with Crippen molar-refractivity contribution in [3.05, 3.63) is 90.1 Å². The molecule has 1 saturated carbocycles. The molecule has 6 nitrogen and oxygen atoms in total. The van der Waals surface area contributed by atoms with Gasteiger partial charge in [0.2, 0.25) is 5.91 Å². The summed E-state index contributed by atoms with van der Waals surface area (Å²) >= 11 is 0. The van der Waals surface area contributed by atoms with Crippen molar-refractivity contribution >= 4 is 22.7 Å². The van der Waals surface area contributed by atoms with Crippen LogP contribution in [0.5, 0.6) is 0 Å². The van der Waals surface area contributed by atoms with Crippen molar-refractivity contribution in [1.82, 2.24) is 20.4 Å².